The summed E-state index contributed by atoms with van der Waals surface area (Å²) in [5.74, 6) is 0.221. The minimum Gasteiger partial charge on any atom is -0.492 e. The molecule has 0 radical (unpaired) electrons. The van der Waals surface area contributed by atoms with Crippen molar-refractivity contribution in [3.8, 4) is 11.5 Å². The molecule has 0 spiro atoms. The zero-order valence-electron chi connectivity index (χ0n) is 14.3. The number of methoxy groups -OCH3 is 1. The van der Waals surface area contributed by atoms with E-state index in [9.17, 15) is 9.59 Å². The van der Waals surface area contributed by atoms with Crippen molar-refractivity contribution < 1.29 is 19.1 Å². The number of para-hydroxylation sites is 1. The van der Waals surface area contributed by atoms with Crippen molar-refractivity contribution in [2.45, 2.75) is 6.92 Å². The van der Waals surface area contributed by atoms with Crippen LogP contribution in [0.1, 0.15) is 12.5 Å². The first-order valence-corrected chi connectivity index (χ1v) is 8.77. The van der Waals surface area contributed by atoms with E-state index in [0.29, 0.717) is 33.8 Å². The summed E-state index contributed by atoms with van der Waals surface area (Å²) in [5.41, 5.74) is 3.87. The molecule has 0 aromatic heterocycles. The molecule has 26 heavy (non-hydrogen) atoms. The zero-order chi connectivity index (χ0) is 18.7. The lowest BCUT2D eigenvalue weighted by Crippen LogP contribution is -2.35. The van der Waals surface area contributed by atoms with Gasteiger partial charge in [0.2, 0.25) is 0 Å². The Balaban J connectivity index is 1.97. The van der Waals surface area contributed by atoms with Gasteiger partial charge in [0, 0.05) is 0 Å². The number of hydrogen-bond acceptors (Lipinski definition) is 4. The predicted molar refractivity (Wildman–Crippen MR) is 102 cm³/mol. The van der Waals surface area contributed by atoms with Gasteiger partial charge in [0.15, 0.2) is 11.5 Å². The summed E-state index contributed by atoms with van der Waals surface area (Å²) in [7, 11) is 1.55. The number of ether oxygens (including phenoxy) is 2. The van der Waals surface area contributed by atoms with Crippen LogP contribution in [0, 0.1) is 0 Å². The molecule has 134 valence electrons. The first-order chi connectivity index (χ1) is 12.5. The van der Waals surface area contributed by atoms with Crippen molar-refractivity contribution in [3.63, 3.8) is 0 Å². The van der Waals surface area contributed by atoms with Gasteiger partial charge < -0.3 is 9.47 Å². The van der Waals surface area contributed by atoms with Crippen molar-refractivity contribution in [3.05, 3.63) is 58.1 Å². The third kappa shape index (κ3) is 3.43. The lowest BCUT2D eigenvalue weighted by Gasteiger charge is -2.14. The minimum absolute atomic E-state index is 0.0494. The van der Waals surface area contributed by atoms with Gasteiger partial charge in [-0.2, -0.15) is 0 Å². The Hall–Kier alpha value is -2.80. The fourth-order valence-corrected chi connectivity index (χ4v) is 3.24. The van der Waals surface area contributed by atoms with Crippen molar-refractivity contribution in [2.75, 3.05) is 18.7 Å². The second-order valence-corrected chi connectivity index (χ2v) is 6.30. The van der Waals surface area contributed by atoms with Crippen LogP contribution < -0.4 is 19.9 Å². The number of hydrazine groups is 1. The number of carbonyl (C=O) groups excluding carboxylic acids is 2. The predicted octanol–water partition coefficient (Wildman–Crippen LogP) is 3.32. The number of anilines is 1. The van der Waals surface area contributed by atoms with E-state index in [2.05, 4.69) is 21.4 Å². The summed E-state index contributed by atoms with van der Waals surface area (Å²) in [6, 6.07) is 12.4. The summed E-state index contributed by atoms with van der Waals surface area (Å²) < 4.78 is 11.6. The van der Waals surface area contributed by atoms with Crippen LogP contribution in [-0.2, 0) is 9.59 Å². The van der Waals surface area contributed by atoms with Crippen LogP contribution in [0.5, 0.6) is 11.5 Å². The second kappa shape index (κ2) is 7.61. The molecule has 1 aliphatic rings. The fourth-order valence-electron chi connectivity index (χ4n) is 2.62. The van der Waals surface area contributed by atoms with Crippen LogP contribution in [0.25, 0.3) is 6.08 Å². The molecule has 0 unspecified atom stereocenters. The Morgan fingerprint density at radius 1 is 1.19 bits per heavy atom. The molecular weight excluding hydrogens is 400 g/mol. The van der Waals surface area contributed by atoms with Gasteiger partial charge >= 0.3 is 0 Å². The maximum Gasteiger partial charge on any atom is 0.282 e. The highest BCUT2D eigenvalue weighted by molar-refractivity contribution is 9.10. The number of carbonyl (C=O) groups is 2. The molecule has 0 atom stereocenters. The van der Waals surface area contributed by atoms with Gasteiger partial charge in [0.1, 0.15) is 5.57 Å². The number of nitrogens with zero attached hydrogens (tertiary/aromatic N) is 1. The van der Waals surface area contributed by atoms with E-state index in [1.807, 2.05) is 13.0 Å². The molecule has 0 saturated carbocycles. The highest BCUT2D eigenvalue weighted by Gasteiger charge is 2.34. The number of rotatable bonds is 5. The molecule has 1 saturated heterocycles. The van der Waals surface area contributed by atoms with Crippen LogP contribution in [0.3, 0.4) is 0 Å². The SMILES string of the molecule is CCOc1cc(/C=C2/C(=O)NN(c3ccccc3)C2=O)cc(Br)c1OC. The Morgan fingerprint density at radius 3 is 2.58 bits per heavy atom. The third-order valence-electron chi connectivity index (χ3n) is 3.75. The number of hydrogen-bond donors (Lipinski definition) is 1. The van der Waals surface area contributed by atoms with E-state index in [1.165, 1.54) is 11.1 Å². The van der Waals surface area contributed by atoms with Crippen molar-refractivity contribution >= 4 is 39.5 Å². The van der Waals surface area contributed by atoms with Gasteiger partial charge in [-0.15, -0.1) is 0 Å². The Morgan fingerprint density at radius 2 is 1.92 bits per heavy atom. The molecule has 2 aromatic carbocycles. The monoisotopic (exact) mass is 416 g/mol. The van der Waals surface area contributed by atoms with Crippen LogP contribution >= 0.6 is 15.9 Å². The number of amides is 2. The average Bonchev–Trinajstić information content (AvgIpc) is 2.91. The average molecular weight is 417 g/mol. The number of nitrogens with one attached hydrogen (secondary N) is 1. The van der Waals surface area contributed by atoms with Crippen LogP contribution in [-0.4, -0.2) is 25.5 Å². The molecule has 7 heteroatoms. The second-order valence-electron chi connectivity index (χ2n) is 5.44. The maximum absolute atomic E-state index is 12.6. The van der Waals surface area contributed by atoms with Crippen molar-refractivity contribution in [2.24, 2.45) is 0 Å². The van der Waals surface area contributed by atoms with Gasteiger partial charge in [0.25, 0.3) is 11.8 Å². The first kappa shape index (κ1) is 18.0. The summed E-state index contributed by atoms with van der Waals surface area (Å²) in [4.78, 5) is 24.9. The molecule has 3 rings (SSSR count). The van der Waals surface area contributed by atoms with E-state index in [-0.39, 0.29) is 5.57 Å². The van der Waals surface area contributed by atoms with E-state index in [1.54, 1.807) is 43.5 Å². The van der Waals surface area contributed by atoms with E-state index in [0.717, 1.165) is 0 Å². The number of benzene rings is 2. The summed E-state index contributed by atoms with van der Waals surface area (Å²) in [6.45, 7) is 2.33. The quantitative estimate of drug-likeness (QED) is 0.599. The minimum atomic E-state index is -0.455. The highest BCUT2D eigenvalue weighted by atomic mass is 79.9. The normalized spacial score (nSPS) is 15.3. The Bertz CT molecular complexity index is 881. The van der Waals surface area contributed by atoms with Gasteiger partial charge in [0.05, 0.1) is 23.9 Å². The lowest BCUT2D eigenvalue weighted by molar-refractivity contribution is -0.117. The van der Waals surface area contributed by atoms with E-state index >= 15 is 0 Å². The topological polar surface area (TPSA) is 67.9 Å². The molecule has 6 nitrogen and oxygen atoms in total. The molecule has 1 fully saturated rings. The van der Waals surface area contributed by atoms with E-state index < -0.39 is 11.8 Å². The van der Waals surface area contributed by atoms with E-state index in [4.69, 9.17) is 9.47 Å². The van der Waals surface area contributed by atoms with Gasteiger partial charge in [-0.05, 0) is 58.8 Å². The molecule has 1 aliphatic heterocycles. The molecular formula is C19H17BrN2O4. The Kier molecular flexibility index (Phi) is 5.27. The zero-order valence-corrected chi connectivity index (χ0v) is 15.9. The molecule has 0 aliphatic carbocycles. The summed E-state index contributed by atoms with van der Waals surface area (Å²) in [5, 5.41) is 1.23. The standard InChI is InChI=1S/C19H17BrN2O4/c1-3-26-16-11-12(10-15(20)17(16)25-2)9-14-18(23)21-22(19(14)24)13-7-5-4-6-8-13/h4-11H,3H2,1-2H3,(H,21,23)/b14-9-. The van der Waals surface area contributed by atoms with Crippen molar-refractivity contribution in [1.29, 1.82) is 0 Å². The summed E-state index contributed by atoms with van der Waals surface area (Å²) >= 11 is 3.43. The first-order valence-electron chi connectivity index (χ1n) is 7.97. The van der Waals surface area contributed by atoms with Gasteiger partial charge in [-0.25, -0.2) is 5.01 Å². The molecule has 2 amide bonds. The smallest absolute Gasteiger partial charge is 0.282 e. The number of halogens is 1. The van der Waals surface area contributed by atoms with Crippen LogP contribution in [0.15, 0.2) is 52.5 Å². The fraction of sp³-hybridized carbons (Fsp3) is 0.158. The summed E-state index contributed by atoms with van der Waals surface area (Å²) in [6.07, 6.45) is 1.54. The highest BCUT2D eigenvalue weighted by Crippen LogP contribution is 2.37. The molecule has 2 aromatic rings. The lowest BCUT2D eigenvalue weighted by atomic mass is 10.1. The maximum atomic E-state index is 12.6. The van der Waals surface area contributed by atoms with Crippen LogP contribution in [0.4, 0.5) is 5.69 Å². The van der Waals surface area contributed by atoms with Gasteiger partial charge in [-0.3, -0.25) is 15.0 Å². The molecule has 1 heterocycles. The molecule has 1 N–H and O–H groups in total. The van der Waals surface area contributed by atoms with Crippen LogP contribution in [0.2, 0.25) is 0 Å². The third-order valence-corrected chi connectivity index (χ3v) is 4.34. The Labute approximate surface area is 159 Å². The largest absolute Gasteiger partial charge is 0.492 e. The molecule has 0 bridgehead atoms. The van der Waals surface area contributed by atoms with Crippen molar-refractivity contribution in [1.82, 2.24) is 5.43 Å². The van der Waals surface area contributed by atoms with Gasteiger partial charge in [-0.1, -0.05) is 18.2 Å².